The number of benzene rings is 1. The molecular weight excluding hydrogens is 364 g/mol. The number of aromatic nitrogens is 4. The highest BCUT2D eigenvalue weighted by molar-refractivity contribution is 5.81. The van der Waals surface area contributed by atoms with Crippen LogP contribution in [0.4, 0.5) is 5.95 Å². The summed E-state index contributed by atoms with van der Waals surface area (Å²) in [6.45, 7) is 2.44. The van der Waals surface area contributed by atoms with Gasteiger partial charge in [-0.2, -0.15) is 10.1 Å². The van der Waals surface area contributed by atoms with E-state index in [9.17, 15) is 9.59 Å². The summed E-state index contributed by atoms with van der Waals surface area (Å²) in [5, 5.41) is 4.17. The maximum atomic E-state index is 12.4. The summed E-state index contributed by atoms with van der Waals surface area (Å²) in [6, 6.07) is 5.44. The van der Waals surface area contributed by atoms with Gasteiger partial charge >= 0.3 is 5.69 Å². The minimum atomic E-state index is -0.438. The molecule has 0 saturated heterocycles. The molecule has 0 unspecified atom stereocenters. The predicted molar refractivity (Wildman–Crippen MR) is 107 cm³/mol. The van der Waals surface area contributed by atoms with Gasteiger partial charge in [0, 0.05) is 21.1 Å². The summed E-state index contributed by atoms with van der Waals surface area (Å²) in [4.78, 5) is 28.8. The van der Waals surface area contributed by atoms with Gasteiger partial charge in [-0.1, -0.05) is 0 Å². The molecule has 0 amide bonds. The fourth-order valence-electron chi connectivity index (χ4n) is 2.82. The summed E-state index contributed by atoms with van der Waals surface area (Å²) in [6.07, 6.45) is 1.59. The fourth-order valence-corrected chi connectivity index (χ4v) is 2.82. The lowest BCUT2D eigenvalue weighted by molar-refractivity contribution is 0.311. The van der Waals surface area contributed by atoms with E-state index in [4.69, 9.17) is 9.47 Å². The molecule has 0 aliphatic rings. The Balaban J connectivity index is 1.91. The van der Waals surface area contributed by atoms with Crippen molar-refractivity contribution in [2.75, 3.05) is 19.1 Å². The summed E-state index contributed by atoms with van der Waals surface area (Å²) in [5.41, 5.74) is 3.34. The number of rotatable bonds is 6. The molecule has 3 aromatic rings. The van der Waals surface area contributed by atoms with Gasteiger partial charge in [0.25, 0.3) is 5.56 Å². The fraction of sp³-hybridized carbons (Fsp3) is 0.333. The molecule has 0 aliphatic carbocycles. The Labute approximate surface area is 160 Å². The smallest absolute Gasteiger partial charge is 0.332 e. The summed E-state index contributed by atoms with van der Waals surface area (Å²) >= 11 is 0. The van der Waals surface area contributed by atoms with Gasteiger partial charge in [-0.25, -0.2) is 10.2 Å². The van der Waals surface area contributed by atoms with Crippen molar-refractivity contribution in [2.45, 2.75) is 6.92 Å². The minimum Gasteiger partial charge on any atom is -0.493 e. The van der Waals surface area contributed by atoms with Crippen LogP contribution in [0.5, 0.6) is 11.5 Å². The van der Waals surface area contributed by atoms with Gasteiger partial charge in [-0.3, -0.25) is 13.9 Å². The van der Waals surface area contributed by atoms with Crippen molar-refractivity contribution in [3.8, 4) is 11.5 Å². The molecule has 0 radical (unpaired) electrons. The molecule has 3 rings (SSSR count). The number of hydrazone groups is 1. The second-order valence-corrected chi connectivity index (χ2v) is 6.09. The summed E-state index contributed by atoms with van der Waals surface area (Å²) in [5.74, 6) is 1.59. The van der Waals surface area contributed by atoms with E-state index in [0.717, 1.165) is 10.1 Å². The molecule has 0 aliphatic heterocycles. The lowest BCUT2D eigenvalue weighted by Gasteiger charge is -2.09. The Morgan fingerprint density at radius 2 is 1.89 bits per heavy atom. The van der Waals surface area contributed by atoms with E-state index in [-0.39, 0.29) is 5.65 Å². The van der Waals surface area contributed by atoms with Crippen LogP contribution in [0.2, 0.25) is 0 Å². The van der Waals surface area contributed by atoms with E-state index in [2.05, 4.69) is 15.5 Å². The largest absolute Gasteiger partial charge is 0.493 e. The van der Waals surface area contributed by atoms with Crippen molar-refractivity contribution >= 4 is 23.3 Å². The van der Waals surface area contributed by atoms with Crippen molar-refractivity contribution in [2.24, 2.45) is 26.2 Å². The third-order valence-electron chi connectivity index (χ3n) is 4.34. The van der Waals surface area contributed by atoms with Crippen molar-refractivity contribution in [3.05, 3.63) is 44.6 Å². The average molecular weight is 386 g/mol. The molecule has 148 valence electrons. The number of imidazole rings is 1. The quantitative estimate of drug-likeness (QED) is 0.497. The molecule has 1 N–H and O–H groups in total. The van der Waals surface area contributed by atoms with E-state index < -0.39 is 11.2 Å². The summed E-state index contributed by atoms with van der Waals surface area (Å²) in [7, 11) is 6.25. The molecule has 0 fully saturated rings. The maximum Gasteiger partial charge on any atom is 0.332 e. The number of hydrogen-bond donors (Lipinski definition) is 1. The van der Waals surface area contributed by atoms with Crippen LogP contribution >= 0.6 is 0 Å². The first kappa shape index (κ1) is 19.2. The first-order chi connectivity index (χ1) is 13.4. The number of hydrogen-bond acceptors (Lipinski definition) is 7. The van der Waals surface area contributed by atoms with E-state index in [1.807, 2.05) is 13.0 Å². The number of nitrogens with one attached hydrogen (secondary N) is 1. The molecule has 2 aromatic heterocycles. The SMILES string of the molecule is CCOc1ccc(C=NNc2nc3c(c(=O)n(C)c(=O)n3C)n2C)cc1OC. The number of nitrogens with zero attached hydrogens (tertiary/aromatic N) is 5. The van der Waals surface area contributed by atoms with Crippen LogP contribution in [0.25, 0.3) is 11.2 Å². The van der Waals surface area contributed by atoms with Crippen LogP contribution in [0.1, 0.15) is 12.5 Å². The normalized spacial score (nSPS) is 11.3. The zero-order valence-electron chi connectivity index (χ0n) is 16.4. The molecule has 10 nitrogen and oxygen atoms in total. The number of anilines is 1. The summed E-state index contributed by atoms with van der Waals surface area (Å²) < 4.78 is 14.7. The lowest BCUT2D eigenvalue weighted by atomic mass is 10.2. The molecule has 0 spiro atoms. The standard InChI is InChI=1S/C18H22N6O4/c1-6-28-12-8-7-11(9-13(12)27-5)10-19-21-17-20-15-14(22(17)2)16(25)24(4)18(26)23(15)3/h7-10H,6H2,1-5H3,(H,20,21). The van der Waals surface area contributed by atoms with Crippen LogP contribution in [-0.2, 0) is 21.1 Å². The van der Waals surface area contributed by atoms with Crippen LogP contribution in [0.15, 0.2) is 32.9 Å². The highest BCUT2D eigenvalue weighted by Gasteiger charge is 2.16. The highest BCUT2D eigenvalue weighted by Crippen LogP contribution is 2.27. The number of aryl methyl sites for hydroxylation is 2. The van der Waals surface area contributed by atoms with Gasteiger partial charge < -0.3 is 14.0 Å². The molecule has 2 heterocycles. The third kappa shape index (κ3) is 3.24. The number of methoxy groups -OCH3 is 1. The predicted octanol–water partition coefficient (Wildman–Crippen LogP) is 0.824. The lowest BCUT2D eigenvalue weighted by Crippen LogP contribution is -2.37. The molecule has 10 heteroatoms. The van der Waals surface area contributed by atoms with E-state index >= 15 is 0 Å². The second kappa shape index (κ2) is 7.59. The van der Waals surface area contributed by atoms with Crippen LogP contribution in [-0.4, -0.2) is 38.6 Å². The van der Waals surface area contributed by atoms with Crippen molar-refractivity contribution in [1.82, 2.24) is 18.7 Å². The molecular formula is C18H22N6O4. The molecule has 0 bridgehead atoms. The first-order valence-corrected chi connectivity index (χ1v) is 8.61. The maximum absolute atomic E-state index is 12.4. The van der Waals surface area contributed by atoms with E-state index in [1.54, 1.807) is 44.1 Å². The Bertz CT molecular complexity index is 1170. The number of fused-ring (bicyclic) bond motifs is 1. The molecule has 28 heavy (non-hydrogen) atoms. The van der Waals surface area contributed by atoms with Crippen molar-refractivity contribution in [3.63, 3.8) is 0 Å². The zero-order valence-corrected chi connectivity index (χ0v) is 16.4. The van der Waals surface area contributed by atoms with Crippen LogP contribution in [0.3, 0.4) is 0 Å². The van der Waals surface area contributed by atoms with Gasteiger partial charge in [-0.15, -0.1) is 0 Å². The Hall–Kier alpha value is -3.56. The van der Waals surface area contributed by atoms with E-state index in [0.29, 0.717) is 29.6 Å². The monoisotopic (exact) mass is 386 g/mol. The van der Waals surface area contributed by atoms with Gasteiger partial charge in [0.2, 0.25) is 5.95 Å². The molecule has 0 atom stereocenters. The Kier molecular flexibility index (Phi) is 5.21. The first-order valence-electron chi connectivity index (χ1n) is 8.61. The third-order valence-corrected chi connectivity index (χ3v) is 4.34. The molecule has 1 aromatic carbocycles. The zero-order chi connectivity index (χ0) is 20.4. The highest BCUT2D eigenvalue weighted by atomic mass is 16.5. The average Bonchev–Trinajstić information content (AvgIpc) is 3.02. The van der Waals surface area contributed by atoms with Gasteiger partial charge in [-0.05, 0) is 30.7 Å². The van der Waals surface area contributed by atoms with Gasteiger partial charge in [0.05, 0.1) is 19.9 Å². The second-order valence-electron chi connectivity index (χ2n) is 6.09. The van der Waals surface area contributed by atoms with Gasteiger partial charge in [0.1, 0.15) is 0 Å². The number of ether oxygens (including phenoxy) is 2. The minimum absolute atomic E-state index is 0.288. The van der Waals surface area contributed by atoms with E-state index in [1.165, 1.54) is 11.6 Å². The van der Waals surface area contributed by atoms with Crippen LogP contribution in [0, 0.1) is 0 Å². The van der Waals surface area contributed by atoms with Gasteiger partial charge in [0.15, 0.2) is 22.7 Å². The Morgan fingerprint density at radius 3 is 2.57 bits per heavy atom. The van der Waals surface area contributed by atoms with Crippen molar-refractivity contribution < 1.29 is 9.47 Å². The van der Waals surface area contributed by atoms with Crippen LogP contribution < -0.4 is 26.1 Å². The topological polar surface area (TPSA) is 105 Å². The van der Waals surface area contributed by atoms with Crippen molar-refractivity contribution in [1.29, 1.82) is 0 Å². The Morgan fingerprint density at radius 1 is 1.14 bits per heavy atom. The molecule has 0 saturated carbocycles.